The van der Waals surface area contributed by atoms with E-state index in [0.717, 1.165) is 12.0 Å². The van der Waals surface area contributed by atoms with Crippen molar-refractivity contribution in [1.29, 1.82) is 0 Å². The Morgan fingerprint density at radius 2 is 1.64 bits per heavy atom. The zero-order valence-corrected chi connectivity index (χ0v) is 9.10. The Balaban J connectivity index is 1.85. The van der Waals surface area contributed by atoms with E-state index in [1.807, 2.05) is 0 Å². The number of nitrogens with zero attached hydrogens (tertiary/aromatic N) is 1. The van der Waals surface area contributed by atoms with Gasteiger partial charge < -0.3 is 0 Å². The van der Waals surface area contributed by atoms with E-state index in [1.54, 1.807) is 0 Å². The fourth-order valence-corrected chi connectivity index (χ4v) is 3.12. The zero-order valence-electron chi connectivity index (χ0n) is 9.10. The van der Waals surface area contributed by atoms with Crippen LogP contribution in [0.3, 0.4) is 0 Å². The van der Waals surface area contributed by atoms with Crippen LogP contribution >= 0.6 is 0 Å². The van der Waals surface area contributed by atoms with Gasteiger partial charge in [0.05, 0.1) is 6.54 Å². The van der Waals surface area contributed by atoms with Crippen LogP contribution in [0.2, 0.25) is 0 Å². The van der Waals surface area contributed by atoms with Gasteiger partial charge in [0.2, 0.25) is 0 Å². The van der Waals surface area contributed by atoms with Crippen LogP contribution in [0.25, 0.3) is 0 Å². The molecule has 2 fully saturated rings. The van der Waals surface area contributed by atoms with E-state index in [1.165, 1.54) is 58.0 Å². The molecule has 2 aliphatic rings. The van der Waals surface area contributed by atoms with Crippen LogP contribution in [-0.2, 0) is 0 Å². The van der Waals surface area contributed by atoms with Crippen molar-refractivity contribution in [1.82, 2.24) is 4.90 Å². The minimum atomic E-state index is 0.726. The van der Waals surface area contributed by atoms with Gasteiger partial charge in [-0.3, -0.25) is 4.90 Å². The molecule has 1 aliphatic heterocycles. The number of hydrogen-bond donors (Lipinski definition) is 0. The molecular weight excluding hydrogens is 170 g/mol. The molecule has 1 saturated heterocycles. The summed E-state index contributed by atoms with van der Waals surface area (Å²) in [4.78, 5) is 2.43. The van der Waals surface area contributed by atoms with E-state index in [0.29, 0.717) is 0 Å². The number of likely N-dealkylation sites (tertiary alicyclic amines) is 1. The topological polar surface area (TPSA) is 3.24 Å². The normalized spacial score (nSPS) is 27.4. The minimum absolute atomic E-state index is 0.726. The van der Waals surface area contributed by atoms with Gasteiger partial charge in [-0.05, 0) is 44.2 Å². The maximum absolute atomic E-state index is 5.34. The second kappa shape index (κ2) is 4.36. The van der Waals surface area contributed by atoms with Crippen molar-refractivity contribution < 1.29 is 0 Å². The molecule has 1 spiro atoms. The highest BCUT2D eigenvalue weighted by Gasteiger charge is 2.34. The van der Waals surface area contributed by atoms with Crippen molar-refractivity contribution in [3.63, 3.8) is 0 Å². The zero-order chi connectivity index (χ0) is 9.86. The molecule has 0 aromatic heterocycles. The van der Waals surface area contributed by atoms with Crippen molar-refractivity contribution in [3.8, 4) is 12.3 Å². The summed E-state index contributed by atoms with van der Waals surface area (Å²) in [5.74, 6) is 2.75. The van der Waals surface area contributed by atoms with Gasteiger partial charge in [0.25, 0.3) is 0 Å². The van der Waals surface area contributed by atoms with Crippen LogP contribution in [0.4, 0.5) is 0 Å². The molecule has 14 heavy (non-hydrogen) atoms. The Bertz CT molecular complexity index is 210. The molecule has 1 aliphatic carbocycles. The Morgan fingerprint density at radius 3 is 2.21 bits per heavy atom. The molecule has 1 nitrogen and oxygen atoms in total. The van der Waals surface area contributed by atoms with Crippen LogP contribution in [0.5, 0.6) is 0 Å². The van der Waals surface area contributed by atoms with E-state index < -0.39 is 0 Å². The summed E-state index contributed by atoms with van der Waals surface area (Å²) in [6.45, 7) is 3.34. The first kappa shape index (κ1) is 10.1. The van der Waals surface area contributed by atoms with Gasteiger partial charge in [-0.25, -0.2) is 0 Å². The Morgan fingerprint density at radius 1 is 1.00 bits per heavy atom. The standard InChI is InChI=1S/C13H21N/c1-2-10-14-11-8-13(9-12-14)6-4-3-5-7-13/h1H,3-12H2. The number of hydrogen-bond acceptors (Lipinski definition) is 1. The van der Waals surface area contributed by atoms with Gasteiger partial charge in [0, 0.05) is 0 Å². The summed E-state index contributed by atoms with van der Waals surface area (Å²) < 4.78 is 0. The van der Waals surface area contributed by atoms with E-state index >= 15 is 0 Å². The van der Waals surface area contributed by atoms with Crippen LogP contribution in [-0.4, -0.2) is 24.5 Å². The minimum Gasteiger partial charge on any atom is -0.292 e. The number of terminal acetylenes is 1. The SMILES string of the molecule is C#CCN1CCC2(CCCCC2)CC1. The first-order valence-corrected chi connectivity index (χ1v) is 6.01. The molecule has 1 heteroatoms. The van der Waals surface area contributed by atoms with Gasteiger partial charge in [-0.2, -0.15) is 0 Å². The Hall–Kier alpha value is -0.480. The average molecular weight is 191 g/mol. The highest BCUT2D eigenvalue weighted by atomic mass is 15.1. The molecule has 2 rings (SSSR count). The van der Waals surface area contributed by atoms with Gasteiger partial charge in [0.15, 0.2) is 0 Å². The molecular formula is C13H21N. The third-order valence-electron chi connectivity index (χ3n) is 4.15. The lowest BCUT2D eigenvalue weighted by Crippen LogP contribution is -2.41. The molecule has 0 N–H and O–H groups in total. The molecule has 0 unspecified atom stereocenters. The number of piperidine rings is 1. The first-order valence-electron chi connectivity index (χ1n) is 6.01. The summed E-state index contributed by atoms with van der Waals surface area (Å²) in [7, 11) is 0. The summed E-state index contributed by atoms with van der Waals surface area (Å²) in [6, 6.07) is 0. The van der Waals surface area contributed by atoms with Crippen molar-refractivity contribution >= 4 is 0 Å². The van der Waals surface area contributed by atoms with Crippen LogP contribution in [0.15, 0.2) is 0 Å². The highest BCUT2D eigenvalue weighted by molar-refractivity contribution is 4.93. The summed E-state index contributed by atoms with van der Waals surface area (Å²) in [5.41, 5.74) is 0.726. The fraction of sp³-hybridized carbons (Fsp3) is 0.846. The maximum Gasteiger partial charge on any atom is 0.0598 e. The fourth-order valence-electron chi connectivity index (χ4n) is 3.12. The lowest BCUT2D eigenvalue weighted by molar-refractivity contribution is 0.0747. The average Bonchev–Trinajstić information content (AvgIpc) is 2.24. The van der Waals surface area contributed by atoms with E-state index in [-0.39, 0.29) is 0 Å². The number of rotatable bonds is 1. The first-order chi connectivity index (χ1) is 6.85. The second-order valence-electron chi connectivity index (χ2n) is 5.04. The second-order valence-corrected chi connectivity index (χ2v) is 5.04. The quantitative estimate of drug-likeness (QED) is 0.576. The van der Waals surface area contributed by atoms with Crippen molar-refractivity contribution in [2.75, 3.05) is 19.6 Å². The summed E-state index contributed by atoms with van der Waals surface area (Å²) in [5, 5.41) is 0. The molecule has 0 atom stereocenters. The predicted octanol–water partition coefficient (Wildman–Crippen LogP) is 2.67. The lowest BCUT2D eigenvalue weighted by atomic mass is 9.68. The van der Waals surface area contributed by atoms with Crippen molar-refractivity contribution in [2.45, 2.75) is 44.9 Å². The smallest absolute Gasteiger partial charge is 0.0598 e. The Kier molecular flexibility index (Phi) is 3.13. The largest absolute Gasteiger partial charge is 0.292 e. The molecule has 0 radical (unpaired) electrons. The van der Waals surface area contributed by atoms with E-state index in [4.69, 9.17) is 6.42 Å². The third-order valence-corrected chi connectivity index (χ3v) is 4.15. The molecule has 0 bridgehead atoms. The lowest BCUT2D eigenvalue weighted by Gasteiger charge is -2.43. The van der Waals surface area contributed by atoms with Gasteiger partial charge >= 0.3 is 0 Å². The van der Waals surface area contributed by atoms with Crippen molar-refractivity contribution in [3.05, 3.63) is 0 Å². The molecule has 78 valence electrons. The molecule has 1 saturated carbocycles. The summed E-state index contributed by atoms with van der Waals surface area (Å²) >= 11 is 0. The summed E-state index contributed by atoms with van der Waals surface area (Å²) in [6.07, 6.45) is 15.5. The predicted molar refractivity (Wildman–Crippen MR) is 60.0 cm³/mol. The third kappa shape index (κ3) is 2.12. The van der Waals surface area contributed by atoms with Gasteiger partial charge in [-0.1, -0.05) is 25.2 Å². The monoisotopic (exact) mass is 191 g/mol. The Labute approximate surface area is 87.9 Å². The highest BCUT2D eigenvalue weighted by Crippen LogP contribution is 2.44. The molecule has 0 aromatic carbocycles. The van der Waals surface area contributed by atoms with E-state index in [2.05, 4.69) is 10.8 Å². The van der Waals surface area contributed by atoms with E-state index in [9.17, 15) is 0 Å². The van der Waals surface area contributed by atoms with Crippen LogP contribution < -0.4 is 0 Å². The molecule has 0 aromatic rings. The molecule has 0 amide bonds. The van der Waals surface area contributed by atoms with Gasteiger partial charge in [0.1, 0.15) is 0 Å². The van der Waals surface area contributed by atoms with Crippen LogP contribution in [0, 0.1) is 17.8 Å². The van der Waals surface area contributed by atoms with Crippen molar-refractivity contribution in [2.24, 2.45) is 5.41 Å². The van der Waals surface area contributed by atoms with Crippen LogP contribution in [0.1, 0.15) is 44.9 Å². The maximum atomic E-state index is 5.34. The molecule has 1 heterocycles. The van der Waals surface area contributed by atoms with Gasteiger partial charge in [-0.15, -0.1) is 6.42 Å².